The number of fused-ring (bicyclic) bond motifs is 1. The number of esters is 1. The van der Waals surface area contributed by atoms with Gasteiger partial charge in [0.25, 0.3) is 17.5 Å². The second-order valence-electron chi connectivity index (χ2n) is 5.68. The minimum absolute atomic E-state index is 0.00138. The number of halogens is 1. The van der Waals surface area contributed by atoms with Crippen LogP contribution in [0.1, 0.15) is 20.7 Å². The fourth-order valence-corrected chi connectivity index (χ4v) is 3.35. The first kappa shape index (κ1) is 19.5. The number of non-ortho nitro benzene ring substituents is 1. The average Bonchev–Trinajstić information content (AvgIpc) is 2.91. The fraction of sp³-hybridized carbons (Fsp3) is 0.167. The van der Waals surface area contributed by atoms with Gasteiger partial charge in [0, 0.05) is 22.8 Å². The van der Waals surface area contributed by atoms with E-state index < -0.39 is 29.3 Å². The van der Waals surface area contributed by atoms with Crippen molar-refractivity contribution in [3.8, 4) is 0 Å². The third-order valence-electron chi connectivity index (χ3n) is 3.89. The number of nitrogens with zero attached hydrogens (tertiary/aromatic N) is 2. The van der Waals surface area contributed by atoms with E-state index in [2.05, 4.69) is 0 Å². The molecule has 0 aromatic heterocycles. The van der Waals surface area contributed by atoms with Gasteiger partial charge in [0.15, 0.2) is 0 Å². The number of ether oxygens (including phenoxy) is 1. The normalized spacial score (nSPS) is 12.8. The number of hydrogen-bond donors (Lipinski definition) is 0. The number of carbonyl (C=O) groups excluding carboxylic acids is 3. The van der Waals surface area contributed by atoms with Crippen molar-refractivity contribution in [1.29, 1.82) is 0 Å². The molecule has 0 N–H and O–H groups in total. The number of amides is 2. The molecule has 10 heteroatoms. The van der Waals surface area contributed by atoms with Crippen LogP contribution in [0.25, 0.3) is 0 Å². The van der Waals surface area contributed by atoms with Crippen LogP contribution in [-0.4, -0.2) is 46.5 Å². The first-order valence-corrected chi connectivity index (χ1v) is 9.04. The summed E-state index contributed by atoms with van der Waals surface area (Å²) in [7, 11) is 0. The summed E-state index contributed by atoms with van der Waals surface area (Å²) in [5.41, 5.74) is -0.449. The van der Waals surface area contributed by atoms with E-state index in [0.717, 1.165) is 23.9 Å². The fourth-order valence-electron chi connectivity index (χ4n) is 2.58. The van der Waals surface area contributed by atoms with Crippen LogP contribution < -0.4 is 0 Å². The molecule has 0 radical (unpaired) electrons. The Morgan fingerprint density at radius 2 is 1.86 bits per heavy atom. The van der Waals surface area contributed by atoms with Crippen LogP contribution in [0, 0.1) is 15.9 Å². The lowest BCUT2D eigenvalue weighted by molar-refractivity contribution is -0.384. The summed E-state index contributed by atoms with van der Waals surface area (Å²) in [6, 6.07) is 9.47. The minimum atomic E-state index is -0.807. The number of hydrogen-bond acceptors (Lipinski definition) is 7. The standard InChI is InChI=1S/C18H13FN2O6S/c19-14-3-1-2-4-15(14)28-8-7-27-16(22)10-20-17(23)12-6-5-11(21(25)26)9-13(12)18(20)24/h1-6,9H,7-8,10H2. The van der Waals surface area contributed by atoms with Crippen molar-refractivity contribution in [1.82, 2.24) is 4.90 Å². The van der Waals surface area contributed by atoms with Gasteiger partial charge in [-0.15, -0.1) is 11.8 Å². The van der Waals surface area contributed by atoms with Gasteiger partial charge in [0.1, 0.15) is 19.0 Å². The molecule has 0 atom stereocenters. The Kier molecular flexibility index (Phi) is 5.69. The maximum absolute atomic E-state index is 13.5. The topological polar surface area (TPSA) is 107 Å². The Balaban J connectivity index is 1.54. The molecule has 2 aromatic rings. The summed E-state index contributed by atoms with van der Waals surface area (Å²) >= 11 is 1.16. The Morgan fingerprint density at radius 1 is 1.14 bits per heavy atom. The lowest BCUT2D eigenvalue weighted by atomic mass is 10.1. The molecule has 2 aromatic carbocycles. The summed E-state index contributed by atoms with van der Waals surface area (Å²) in [6.07, 6.45) is 0. The van der Waals surface area contributed by atoms with E-state index in [1.807, 2.05) is 0 Å². The molecule has 2 amide bonds. The van der Waals surface area contributed by atoms with Gasteiger partial charge in [-0.1, -0.05) is 12.1 Å². The lowest BCUT2D eigenvalue weighted by Gasteiger charge is -2.13. The SMILES string of the molecule is O=C(CN1C(=O)c2ccc([N+](=O)[O-])cc2C1=O)OCCSc1ccccc1F. The molecule has 1 heterocycles. The Labute approximate surface area is 162 Å². The van der Waals surface area contributed by atoms with Crippen LogP contribution in [0.5, 0.6) is 0 Å². The molecule has 8 nitrogen and oxygen atoms in total. The highest BCUT2D eigenvalue weighted by molar-refractivity contribution is 7.99. The van der Waals surface area contributed by atoms with E-state index in [-0.39, 0.29) is 29.2 Å². The molecule has 1 aliphatic heterocycles. The number of thioether (sulfide) groups is 1. The summed E-state index contributed by atoms with van der Waals surface area (Å²) < 4.78 is 18.5. The molecular formula is C18H13FN2O6S. The zero-order chi connectivity index (χ0) is 20.3. The average molecular weight is 404 g/mol. The molecule has 0 unspecified atom stereocenters. The molecular weight excluding hydrogens is 391 g/mol. The highest BCUT2D eigenvalue weighted by Gasteiger charge is 2.38. The molecule has 0 spiro atoms. The number of nitro groups is 1. The van der Waals surface area contributed by atoms with Crippen molar-refractivity contribution in [2.45, 2.75) is 4.90 Å². The first-order valence-electron chi connectivity index (χ1n) is 8.06. The monoisotopic (exact) mass is 404 g/mol. The van der Waals surface area contributed by atoms with Gasteiger partial charge in [0.05, 0.1) is 16.1 Å². The molecule has 0 bridgehead atoms. The van der Waals surface area contributed by atoms with Gasteiger partial charge in [-0.2, -0.15) is 0 Å². The zero-order valence-corrected chi connectivity index (χ0v) is 15.1. The van der Waals surface area contributed by atoms with Crippen LogP contribution in [0.3, 0.4) is 0 Å². The van der Waals surface area contributed by atoms with E-state index in [9.17, 15) is 28.9 Å². The van der Waals surface area contributed by atoms with E-state index >= 15 is 0 Å². The quantitative estimate of drug-likeness (QED) is 0.174. The van der Waals surface area contributed by atoms with E-state index in [0.29, 0.717) is 15.5 Å². The predicted octanol–water partition coefficient (Wildman–Crippen LogP) is 2.67. The number of benzene rings is 2. The van der Waals surface area contributed by atoms with Crippen molar-refractivity contribution in [3.05, 3.63) is 69.5 Å². The van der Waals surface area contributed by atoms with Crippen LogP contribution in [0.2, 0.25) is 0 Å². The summed E-state index contributed by atoms with van der Waals surface area (Å²) in [5, 5.41) is 10.8. The van der Waals surface area contributed by atoms with Crippen molar-refractivity contribution in [2.24, 2.45) is 0 Å². The van der Waals surface area contributed by atoms with Gasteiger partial charge in [-0.3, -0.25) is 29.4 Å². The van der Waals surface area contributed by atoms with E-state index in [1.165, 1.54) is 12.1 Å². The molecule has 144 valence electrons. The molecule has 0 saturated carbocycles. The largest absolute Gasteiger partial charge is 0.463 e. The summed E-state index contributed by atoms with van der Waals surface area (Å²) in [6.45, 7) is -0.642. The Bertz CT molecular complexity index is 980. The molecule has 28 heavy (non-hydrogen) atoms. The first-order chi connectivity index (χ1) is 13.4. The predicted molar refractivity (Wildman–Crippen MR) is 96.5 cm³/mol. The van der Waals surface area contributed by atoms with Gasteiger partial charge < -0.3 is 4.74 Å². The highest BCUT2D eigenvalue weighted by atomic mass is 32.2. The van der Waals surface area contributed by atoms with Gasteiger partial charge in [-0.05, 0) is 18.2 Å². The van der Waals surface area contributed by atoms with Gasteiger partial charge in [0.2, 0.25) is 0 Å². The smallest absolute Gasteiger partial charge is 0.326 e. The van der Waals surface area contributed by atoms with Gasteiger partial charge in [-0.25, -0.2) is 4.39 Å². The maximum Gasteiger partial charge on any atom is 0.326 e. The van der Waals surface area contributed by atoms with Crippen molar-refractivity contribution < 1.29 is 28.4 Å². The third-order valence-corrected chi connectivity index (χ3v) is 4.91. The molecule has 3 rings (SSSR count). The van der Waals surface area contributed by atoms with Gasteiger partial charge >= 0.3 is 5.97 Å². The third kappa shape index (κ3) is 4.01. The summed E-state index contributed by atoms with van der Waals surface area (Å²) in [4.78, 5) is 47.7. The van der Waals surface area contributed by atoms with Crippen LogP contribution in [-0.2, 0) is 9.53 Å². The van der Waals surface area contributed by atoms with Crippen LogP contribution in [0.4, 0.5) is 10.1 Å². The van der Waals surface area contributed by atoms with Crippen molar-refractivity contribution >= 4 is 35.2 Å². The van der Waals surface area contributed by atoms with Crippen molar-refractivity contribution in [2.75, 3.05) is 18.9 Å². The van der Waals surface area contributed by atoms with E-state index in [1.54, 1.807) is 18.2 Å². The number of carbonyl (C=O) groups is 3. The Hall–Kier alpha value is -3.27. The minimum Gasteiger partial charge on any atom is -0.463 e. The number of imide groups is 1. The van der Waals surface area contributed by atoms with E-state index in [4.69, 9.17) is 4.74 Å². The molecule has 0 aliphatic carbocycles. The molecule has 1 aliphatic rings. The Morgan fingerprint density at radius 3 is 2.57 bits per heavy atom. The number of rotatable bonds is 7. The second-order valence-corrected chi connectivity index (χ2v) is 6.82. The maximum atomic E-state index is 13.5. The van der Waals surface area contributed by atoms with Crippen molar-refractivity contribution in [3.63, 3.8) is 0 Å². The van der Waals surface area contributed by atoms with Crippen LogP contribution in [0.15, 0.2) is 47.4 Å². The summed E-state index contributed by atoms with van der Waals surface area (Å²) in [5.74, 6) is -2.40. The lowest BCUT2D eigenvalue weighted by Crippen LogP contribution is -2.35. The second kappa shape index (κ2) is 8.17. The molecule has 0 fully saturated rings. The van der Waals surface area contributed by atoms with Crippen LogP contribution >= 0.6 is 11.8 Å². The zero-order valence-electron chi connectivity index (χ0n) is 14.3. The molecule has 0 saturated heterocycles. The number of nitro benzene ring substituents is 1. The highest BCUT2D eigenvalue weighted by Crippen LogP contribution is 2.26.